The van der Waals surface area contributed by atoms with Gasteiger partial charge in [-0.05, 0) is 6.92 Å². The van der Waals surface area contributed by atoms with Gasteiger partial charge in [0.25, 0.3) is 5.91 Å². The van der Waals surface area contributed by atoms with Crippen LogP contribution >= 0.6 is 0 Å². The second-order valence-corrected chi connectivity index (χ2v) is 1.79. The number of aliphatic hydroxyl groups excluding tert-OH is 1. The largest absolute Gasteiger partial charge is 0.384 e. The predicted octanol–water partition coefficient (Wildman–Crippen LogP) is -2.03. The summed E-state index contributed by atoms with van der Waals surface area (Å²) in [4.78, 5) is 20.8. The second-order valence-electron chi connectivity index (χ2n) is 1.79. The Bertz CT molecular complexity index is 144. The molecule has 0 aromatic heterocycles. The first-order valence-corrected chi connectivity index (χ1v) is 2.79. The van der Waals surface area contributed by atoms with Crippen molar-refractivity contribution < 1.29 is 14.7 Å². The zero-order chi connectivity index (χ0) is 8.15. The highest BCUT2D eigenvalue weighted by Gasteiger charge is 2.10. The van der Waals surface area contributed by atoms with Crippen molar-refractivity contribution in [3.8, 4) is 0 Å². The van der Waals surface area contributed by atoms with E-state index >= 15 is 0 Å². The molecule has 0 aromatic rings. The fourth-order valence-corrected chi connectivity index (χ4v) is 0.293. The van der Waals surface area contributed by atoms with Gasteiger partial charge in [-0.3, -0.25) is 14.9 Å². The van der Waals surface area contributed by atoms with Gasteiger partial charge >= 0.3 is 0 Å². The van der Waals surface area contributed by atoms with Crippen molar-refractivity contribution in [1.29, 1.82) is 0 Å². The van der Waals surface area contributed by atoms with Gasteiger partial charge in [-0.2, -0.15) is 0 Å². The maximum absolute atomic E-state index is 10.5. The van der Waals surface area contributed by atoms with Gasteiger partial charge < -0.3 is 10.8 Å². The van der Waals surface area contributed by atoms with Gasteiger partial charge in [-0.25, -0.2) is 0 Å². The summed E-state index contributed by atoms with van der Waals surface area (Å²) in [5.41, 5.74) is 4.87. The molecule has 5 heteroatoms. The molecule has 0 saturated carbocycles. The number of imide groups is 1. The Hall–Kier alpha value is -0.940. The molecule has 0 fully saturated rings. The highest BCUT2D eigenvalue weighted by atomic mass is 16.3. The van der Waals surface area contributed by atoms with Crippen molar-refractivity contribution in [3.05, 3.63) is 0 Å². The summed E-state index contributed by atoms with van der Waals surface area (Å²) in [6.45, 7) is 1.01. The molecule has 0 rings (SSSR count). The third kappa shape index (κ3) is 3.16. The molecule has 0 aliphatic rings. The first kappa shape index (κ1) is 9.06. The van der Waals surface area contributed by atoms with Crippen LogP contribution in [0.15, 0.2) is 0 Å². The van der Waals surface area contributed by atoms with E-state index in [1.165, 1.54) is 6.92 Å². The number of hydrogen-bond acceptors (Lipinski definition) is 4. The molecule has 0 aromatic carbocycles. The Kier molecular flexibility index (Phi) is 3.60. The van der Waals surface area contributed by atoms with Gasteiger partial charge in [-0.1, -0.05) is 0 Å². The summed E-state index contributed by atoms with van der Waals surface area (Å²) in [5, 5.41) is 10.4. The molecule has 10 heavy (non-hydrogen) atoms. The van der Waals surface area contributed by atoms with E-state index in [2.05, 4.69) is 0 Å². The first-order valence-electron chi connectivity index (χ1n) is 2.79. The number of rotatable bonds is 2. The van der Waals surface area contributed by atoms with E-state index in [-0.39, 0.29) is 6.54 Å². The number of carbonyl (C=O) groups is 2. The molecule has 0 radical (unpaired) electrons. The summed E-state index contributed by atoms with van der Waals surface area (Å²) >= 11 is 0. The Morgan fingerprint density at radius 2 is 2.20 bits per heavy atom. The van der Waals surface area contributed by atoms with E-state index in [0.717, 1.165) is 0 Å². The normalized spacial score (nSPS) is 12.3. The monoisotopic (exact) mass is 146 g/mol. The molecular formula is C5H10N2O3. The van der Waals surface area contributed by atoms with E-state index in [4.69, 9.17) is 10.8 Å². The molecule has 1 atom stereocenters. The number of nitrogens with two attached hydrogens (primary N) is 1. The lowest BCUT2D eigenvalue weighted by atomic mass is 10.4. The van der Waals surface area contributed by atoms with Crippen LogP contribution in [-0.2, 0) is 9.59 Å². The number of amides is 2. The summed E-state index contributed by atoms with van der Waals surface area (Å²) in [6, 6.07) is 0. The number of aliphatic hydroxyl groups is 1. The fourth-order valence-electron chi connectivity index (χ4n) is 0.293. The van der Waals surface area contributed by atoms with Gasteiger partial charge in [-0.15, -0.1) is 0 Å². The van der Waals surface area contributed by atoms with Crippen molar-refractivity contribution in [1.82, 2.24) is 5.32 Å². The van der Waals surface area contributed by atoms with Crippen LogP contribution in [-0.4, -0.2) is 29.6 Å². The quantitative estimate of drug-likeness (QED) is 0.419. The van der Waals surface area contributed by atoms with Crippen LogP contribution in [0.4, 0.5) is 0 Å². The van der Waals surface area contributed by atoms with Crippen LogP contribution in [0.3, 0.4) is 0 Å². The van der Waals surface area contributed by atoms with E-state index in [1.807, 2.05) is 5.32 Å². The minimum atomic E-state index is -1.17. The van der Waals surface area contributed by atoms with Gasteiger partial charge in [0, 0.05) is 0 Å². The van der Waals surface area contributed by atoms with Crippen LogP contribution in [0, 0.1) is 0 Å². The molecule has 2 amide bonds. The molecule has 58 valence electrons. The van der Waals surface area contributed by atoms with E-state index in [1.54, 1.807) is 0 Å². The molecule has 0 aliphatic carbocycles. The molecule has 5 nitrogen and oxygen atoms in total. The maximum Gasteiger partial charge on any atom is 0.255 e. The highest BCUT2D eigenvalue weighted by Crippen LogP contribution is 1.77. The lowest BCUT2D eigenvalue weighted by Crippen LogP contribution is -2.40. The summed E-state index contributed by atoms with van der Waals surface area (Å²) in [7, 11) is 0. The van der Waals surface area contributed by atoms with E-state index in [9.17, 15) is 9.59 Å². The van der Waals surface area contributed by atoms with Crippen molar-refractivity contribution in [2.45, 2.75) is 13.0 Å². The Labute approximate surface area is 58.2 Å². The molecule has 0 spiro atoms. The maximum atomic E-state index is 10.5. The van der Waals surface area contributed by atoms with E-state index in [0.29, 0.717) is 0 Å². The summed E-state index contributed by atoms with van der Waals surface area (Å²) in [5.74, 6) is -1.32. The van der Waals surface area contributed by atoms with Crippen LogP contribution in [0.25, 0.3) is 0 Å². The Morgan fingerprint density at radius 3 is 2.50 bits per heavy atom. The zero-order valence-corrected chi connectivity index (χ0v) is 5.63. The molecule has 0 heterocycles. The lowest BCUT2D eigenvalue weighted by molar-refractivity contribution is -0.134. The van der Waals surface area contributed by atoms with Gasteiger partial charge in [0.15, 0.2) is 0 Å². The molecule has 0 aliphatic heterocycles. The van der Waals surface area contributed by atoms with Crippen LogP contribution in [0.5, 0.6) is 0 Å². The lowest BCUT2D eigenvalue weighted by Gasteiger charge is -2.02. The standard InChI is InChI=1S/C5H10N2O3/c1-3(8)5(10)7-4(9)2-6/h3,8H,2,6H2,1H3,(H,7,9,10). The summed E-state index contributed by atoms with van der Waals surface area (Å²) < 4.78 is 0. The van der Waals surface area contributed by atoms with E-state index < -0.39 is 17.9 Å². The van der Waals surface area contributed by atoms with Gasteiger partial charge in [0.1, 0.15) is 6.10 Å². The fraction of sp³-hybridized carbons (Fsp3) is 0.600. The Balaban J connectivity index is 3.69. The zero-order valence-electron chi connectivity index (χ0n) is 5.63. The van der Waals surface area contributed by atoms with Crippen LogP contribution < -0.4 is 11.1 Å². The smallest absolute Gasteiger partial charge is 0.255 e. The number of nitrogens with one attached hydrogen (secondary N) is 1. The molecule has 1 unspecified atom stereocenters. The van der Waals surface area contributed by atoms with Gasteiger partial charge in [0.05, 0.1) is 6.54 Å². The molecule has 4 N–H and O–H groups in total. The SMILES string of the molecule is CC(O)C(=O)NC(=O)CN. The third-order valence-electron chi connectivity index (χ3n) is 0.827. The number of hydrogen-bond donors (Lipinski definition) is 3. The topological polar surface area (TPSA) is 92.4 Å². The summed E-state index contributed by atoms with van der Waals surface area (Å²) in [6.07, 6.45) is -1.17. The molecule has 0 saturated heterocycles. The molecule has 0 bridgehead atoms. The minimum absolute atomic E-state index is 0.252. The average Bonchev–Trinajstić information content (AvgIpc) is 1.87. The van der Waals surface area contributed by atoms with Crippen molar-refractivity contribution in [2.24, 2.45) is 5.73 Å². The molecular weight excluding hydrogens is 136 g/mol. The number of carbonyl (C=O) groups excluding carboxylic acids is 2. The van der Waals surface area contributed by atoms with Crippen LogP contribution in [0.2, 0.25) is 0 Å². The average molecular weight is 146 g/mol. The van der Waals surface area contributed by atoms with Crippen LogP contribution in [0.1, 0.15) is 6.92 Å². The predicted molar refractivity (Wildman–Crippen MR) is 33.9 cm³/mol. The minimum Gasteiger partial charge on any atom is -0.384 e. The third-order valence-corrected chi connectivity index (χ3v) is 0.827. The van der Waals surface area contributed by atoms with Crippen molar-refractivity contribution in [3.63, 3.8) is 0 Å². The highest BCUT2D eigenvalue weighted by molar-refractivity contribution is 5.97. The first-order chi connectivity index (χ1) is 4.57. The second kappa shape index (κ2) is 3.97. The van der Waals surface area contributed by atoms with Gasteiger partial charge in [0.2, 0.25) is 5.91 Å². The van der Waals surface area contributed by atoms with Crippen molar-refractivity contribution in [2.75, 3.05) is 6.54 Å². The Morgan fingerprint density at radius 1 is 1.70 bits per heavy atom. The van der Waals surface area contributed by atoms with Crippen molar-refractivity contribution >= 4 is 11.8 Å².